The van der Waals surface area contributed by atoms with Gasteiger partial charge in [-0.05, 0) is 32.2 Å². The van der Waals surface area contributed by atoms with E-state index in [2.05, 4.69) is 26.1 Å². The van der Waals surface area contributed by atoms with E-state index < -0.39 is 0 Å². The van der Waals surface area contributed by atoms with Crippen LogP contribution in [0, 0.1) is 5.92 Å². The average Bonchev–Trinajstić information content (AvgIpc) is 1.93. The largest absolute Gasteiger partial charge is 0.378 e. The summed E-state index contributed by atoms with van der Waals surface area (Å²) in [6.07, 6.45) is 3.08. The number of hydrogen-bond acceptors (Lipinski definition) is 2. The highest BCUT2D eigenvalue weighted by Gasteiger charge is 2.28. The summed E-state index contributed by atoms with van der Waals surface area (Å²) in [6.45, 7) is 8.49. The Balaban J connectivity index is 1.95. The normalized spacial score (nSPS) is 29.0. The van der Waals surface area contributed by atoms with Crippen LogP contribution in [0.3, 0.4) is 0 Å². The van der Waals surface area contributed by atoms with Gasteiger partial charge in [-0.1, -0.05) is 13.8 Å². The highest BCUT2D eigenvalue weighted by Crippen LogP contribution is 2.29. The summed E-state index contributed by atoms with van der Waals surface area (Å²) >= 11 is 0. The maximum Gasteiger partial charge on any atom is 0.0581 e. The number of hydrogen-bond donors (Lipinski definition) is 1. The van der Waals surface area contributed by atoms with Gasteiger partial charge in [0.15, 0.2) is 0 Å². The van der Waals surface area contributed by atoms with Gasteiger partial charge in [0, 0.05) is 12.6 Å². The smallest absolute Gasteiger partial charge is 0.0581 e. The second kappa shape index (κ2) is 4.83. The Hall–Kier alpha value is -0.0800. The van der Waals surface area contributed by atoms with Crippen molar-refractivity contribution >= 4 is 0 Å². The van der Waals surface area contributed by atoms with E-state index in [1.807, 2.05) is 0 Å². The van der Waals surface area contributed by atoms with Crippen LogP contribution in [-0.4, -0.2) is 25.3 Å². The molecule has 0 bridgehead atoms. The number of rotatable bonds is 5. The molecule has 0 aromatic heterocycles. The Morgan fingerprint density at radius 2 is 2.08 bits per heavy atom. The van der Waals surface area contributed by atoms with E-state index in [4.69, 9.17) is 4.74 Å². The van der Waals surface area contributed by atoms with Crippen molar-refractivity contribution in [1.29, 1.82) is 0 Å². The van der Waals surface area contributed by atoms with Gasteiger partial charge in [-0.15, -0.1) is 0 Å². The molecule has 1 fully saturated rings. The molecule has 1 saturated carbocycles. The van der Waals surface area contributed by atoms with Crippen LogP contribution in [-0.2, 0) is 4.74 Å². The van der Waals surface area contributed by atoms with Crippen molar-refractivity contribution in [3.05, 3.63) is 0 Å². The molecule has 1 aliphatic carbocycles. The Kier molecular flexibility index (Phi) is 4.02. The zero-order valence-electron chi connectivity index (χ0n) is 8.47. The van der Waals surface area contributed by atoms with Crippen molar-refractivity contribution in [2.24, 2.45) is 5.92 Å². The Morgan fingerprint density at radius 1 is 1.42 bits per heavy atom. The lowest BCUT2D eigenvalue weighted by Crippen LogP contribution is -2.39. The molecule has 0 radical (unpaired) electrons. The Morgan fingerprint density at radius 3 is 2.58 bits per heavy atom. The van der Waals surface area contributed by atoms with Gasteiger partial charge < -0.3 is 10.1 Å². The maximum atomic E-state index is 5.49. The van der Waals surface area contributed by atoms with E-state index in [0.29, 0.717) is 12.1 Å². The van der Waals surface area contributed by atoms with Crippen LogP contribution in [0.25, 0.3) is 0 Å². The minimum atomic E-state index is 0.564. The fourth-order valence-corrected chi connectivity index (χ4v) is 1.62. The van der Waals surface area contributed by atoms with E-state index in [1.54, 1.807) is 0 Å². The Labute approximate surface area is 75.7 Å². The van der Waals surface area contributed by atoms with Crippen LogP contribution in [0.2, 0.25) is 0 Å². The van der Waals surface area contributed by atoms with Crippen LogP contribution in [0.15, 0.2) is 0 Å². The molecule has 0 heterocycles. The third-order valence-electron chi connectivity index (χ3n) is 2.41. The van der Waals surface area contributed by atoms with Crippen molar-refractivity contribution < 1.29 is 4.74 Å². The average molecular weight is 171 g/mol. The first-order chi connectivity index (χ1) is 5.72. The van der Waals surface area contributed by atoms with Crippen molar-refractivity contribution in [2.75, 3.05) is 13.2 Å². The van der Waals surface area contributed by atoms with Crippen molar-refractivity contribution in [2.45, 2.75) is 45.8 Å². The molecule has 72 valence electrons. The fraction of sp³-hybridized carbons (Fsp3) is 1.00. The molecule has 1 rings (SSSR count). The van der Waals surface area contributed by atoms with Gasteiger partial charge in [-0.2, -0.15) is 0 Å². The lowest BCUT2D eigenvalue weighted by Gasteiger charge is -2.35. The van der Waals surface area contributed by atoms with E-state index in [0.717, 1.165) is 12.5 Å². The third-order valence-corrected chi connectivity index (χ3v) is 2.41. The molecule has 12 heavy (non-hydrogen) atoms. The molecule has 2 nitrogen and oxygen atoms in total. The van der Waals surface area contributed by atoms with Gasteiger partial charge in [-0.3, -0.25) is 0 Å². The Bertz CT molecular complexity index is 119. The van der Waals surface area contributed by atoms with Crippen molar-refractivity contribution in [3.8, 4) is 0 Å². The molecule has 1 aliphatic rings. The van der Waals surface area contributed by atoms with Crippen LogP contribution in [0.4, 0.5) is 0 Å². The molecular weight excluding hydrogens is 150 g/mol. The lowest BCUT2D eigenvalue weighted by molar-refractivity contribution is -0.0241. The second-order valence-corrected chi connectivity index (χ2v) is 3.98. The van der Waals surface area contributed by atoms with E-state index in [1.165, 1.54) is 19.4 Å². The molecule has 0 atom stereocenters. The molecule has 0 unspecified atom stereocenters. The maximum absolute atomic E-state index is 5.49. The van der Waals surface area contributed by atoms with Gasteiger partial charge in [0.05, 0.1) is 6.10 Å². The molecule has 0 aliphatic heterocycles. The third kappa shape index (κ3) is 3.11. The molecule has 0 spiro atoms. The second-order valence-electron chi connectivity index (χ2n) is 3.98. The van der Waals surface area contributed by atoms with Crippen molar-refractivity contribution in [1.82, 2.24) is 5.32 Å². The molecule has 1 N–H and O–H groups in total. The zero-order chi connectivity index (χ0) is 8.97. The SMILES string of the molecule is CCOC1CC(CNC(C)C)C1. The minimum absolute atomic E-state index is 0.564. The fourth-order valence-electron chi connectivity index (χ4n) is 1.62. The van der Waals surface area contributed by atoms with E-state index in [-0.39, 0.29) is 0 Å². The highest BCUT2D eigenvalue weighted by molar-refractivity contribution is 4.81. The van der Waals surface area contributed by atoms with Crippen LogP contribution in [0.5, 0.6) is 0 Å². The standard InChI is InChI=1S/C10H21NO/c1-4-12-10-5-9(6-10)7-11-8(2)3/h8-11H,4-7H2,1-3H3. The zero-order valence-corrected chi connectivity index (χ0v) is 8.47. The van der Waals surface area contributed by atoms with Gasteiger partial charge in [-0.25, -0.2) is 0 Å². The van der Waals surface area contributed by atoms with Crippen LogP contribution in [0.1, 0.15) is 33.6 Å². The lowest BCUT2D eigenvalue weighted by atomic mass is 9.82. The molecule has 0 amide bonds. The first kappa shape index (κ1) is 10.0. The summed E-state index contributed by atoms with van der Waals surface area (Å²) in [4.78, 5) is 0. The topological polar surface area (TPSA) is 21.3 Å². The molecule has 0 aromatic rings. The molecule has 2 heteroatoms. The predicted octanol–water partition coefficient (Wildman–Crippen LogP) is 1.80. The monoisotopic (exact) mass is 171 g/mol. The first-order valence-electron chi connectivity index (χ1n) is 5.07. The van der Waals surface area contributed by atoms with E-state index >= 15 is 0 Å². The van der Waals surface area contributed by atoms with Gasteiger partial charge in [0.1, 0.15) is 0 Å². The quantitative estimate of drug-likeness (QED) is 0.681. The van der Waals surface area contributed by atoms with Crippen LogP contribution < -0.4 is 5.32 Å². The molecule has 0 saturated heterocycles. The minimum Gasteiger partial charge on any atom is -0.378 e. The summed E-state index contributed by atoms with van der Waals surface area (Å²) in [7, 11) is 0. The molecular formula is C10H21NO. The van der Waals surface area contributed by atoms with Gasteiger partial charge >= 0.3 is 0 Å². The summed E-state index contributed by atoms with van der Waals surface area (Å²) < 4.78 is 5.49. The summed E-state index contributed by atoms with van der Waals surface area (Å²) in [5.41, 5.74) is 0. The number of nitrogens with one attached hydrogen (secondary N) is 1. The van der Waals surface area contributed by atoms with Crippen LogP contribution >= 0.6 is 0 Å². The highest BCUT2D eigenvalue weighted by atomic mass is 16.5. The van der Waals surface area contributed by atoms with Crippen molar-refractivity contribution in [3.63, 3.8) is 0 Å². The summed E-state index contributed by atoms with van der Waals surface area (Å²) in [5, 5.41) is 3.45. The molecule has 0 aromatic carbocycles. The first-order valence-corrected chi connectivity index (χ1v) is 5.07. The van der Waals surface area contributed by atoms with Gasteiger partial charge in [0.2, 0.25) is 0 Å². The van der Waals surface area contributed by atoms with E-state index in [9.17, 15) is 0 Å². The predicted molar refractivity (Wildman–Crippen MR) is 51.3 cm³/mol. The van der Waals surface area contributed by atoms with Gasteiger partial charge in [0.25, 0.3) is 0 Å². The summed E-state index contributed by atoms with van der Waals surface area (Å²) in [5.74, 6) is 0.865. The summed E-state index contributed by atoms with van der Waals surface area (Å²) in [6, 6.07) is 0.621. The number of ether oxygens (including phenoxy) is 1.